The Labute approximate surface area is 264 Å². The van der Waals surface area contributed by atoms with Crippen molar-refractivity contribution in [3.05, 3.63) is 11.6 Å². The molecule has 6 heteroatoms. The van der Waals surface area contributed by atoms with Gasteiger partial charge in [0.25, 0.3) is 0 Å². The molecule has 0 radical (unpaired) electrons. The highest BCUT2D eigenvalue weighted by Gasteiger charge is 2.34. The van der Waals surface area contributed by atoms with Gasteiger partial charge in [-0.15, -0.1) is 0 Å². The lowest BCUT2D eigenvalue weighted by atomic mass is 9.99. The predicted molar refractivity (Wildman–Crippen MR) is 176 cm³/mol. The lowest BCUT2D eigenvalue weighted by molar-refractivity contribution is -0.139. The molecule has 0 aliphatic carbocycles. The van der Waals surface area contributed by atoms with Crippen molar-refractivity contribution in [1.82, 2.24) is 0 Å². The summed E-state index contributed by atoms with van der Waals surface area (Å²) >= 11 is 0. The van der Waals surface area contributed by atoms with Gasteiger partial charge in [-0.05, 0) is 64.4 Å². The highest BCUT2D eigenvalue weighted by atomic mass is 16.5. The fourth-order valence-corrected chi connectivity index (χ4v) is 6.74. The summed E-state index contributed by atoms with van der Waals surface area (Å²) in [5.41, 5.74) is 0.858. The minimum Gasteiger partial charge on any atom is -0.455 e. The van der Waals surface area contributed by atoms with Crippen LogP contribution in [0.25, 0.3) is 0 Å². The highest BCUT2D eigenvalue weighted by Crippen LogP contribution is 2.28. The number of ether oxygens (including phenoxy) is 2. The number of unbranched alkanes of at least 4 members (excludes halogenated alkanes) is 16. The first-order valence-electron chi connectivity index (χ1n) is 18.5. The van der Waals surface area contributed by atoms with E-state index in [4.69, 9.17) is 9.47 Å². The van der Waals surface area contributed by atoms with E-state index in [9.17, 15) is 20.1 Å². The van der Waals surface area contributed by atoms with Crippen LogP contribution in [0.4, 0.5) is 0 Å². The standard InChI is InChI=1S/C37H68O6/c1-3-4-5-6-7-12-15-20-25-33(39)35-27-28-36(43-35)34(40)26-21-16-19-24-32(38)23-18-14-11-9-8-10-13-17-22-31-29-30(2)42-37(31)41/h29-30,32-36,38-40H,3-28H2,1-2H3/t30-,32-,33-,34+,35+,36+/m0/s1. The summed E-state index contributed by atoms with van der Waals surface area (Å²) in [6, 6.07) is 0. The first kappa shape index (κ1) is 38.2. The van der Waals surface area contributed by atoms with Crippen LogP contribution in [-0.2, 0) is 14.3 Å². The van der Waals surface area contributed by atoms with Crippen molar-refractivity contribution in [2.24, 2.45) is 0 Å². The number of hydrogen-bond acceptors (Lipinski definition) is 6. The van der Waals surface area contributed by atoms with E-state index in [0.29, 0.717) is 0 Å². The summed E-state index contributed by atoms with van der Waals surface area (Å²) in [5, 5.41) is 31.5. The summed E-state index contributed by atoms with van der Waals surface area (Å²) < 4.78 is 11.2. The third kappa shape index (κ3) is 18.0. The van der Waals surface area contributed by atoms with E-state index in [0.717, 1.165) is 89.0 Å². The molecule has 0 unspecified atom stereocenters. The molecule has 1 fully saturated rings. The van der Waals surface area contributed by atoms with Gasteiger partial charge < -0.3 is 24.8 Å². The second-order valence-electron chi connectivity index (χ2n) is 13.6. The number of aliphatic hydroxyl groups is 3. The van der Waals surface area contributed by atoms with Crippen LogP contribution in [0, 0.1) is 0 Å². The average Bonchev–Trinajstić information content (AvgIpc) is 3.61. The molecule has 2 rings (SSSR count). The van der Waals surface area contributed by atoms with Gasteiger partial charge in [0.1, 0.15) is 6.10 Å². The minimum absolute atomic E-state index is 0.0541. The zero-order valence-corrected chi connectivity index (χ0v) is 28.0. The van der Waals surface area contributed by atoms with Crippen LogP contribution in [0.3, 0.4) is 0 Å². The monoisotopic (exact) mass is 609 g/mol. The van der Waals surface area contributed by atoms with Gasteiger partial charge in [-0.3, -0.25) is 0 Å². The largest absolute Gasteiger partial charge is 0.455 e. The predicted octanol–water partition coefficient (Wildman–Crippen LogP) is 8.87. The molecule has 2 aliphatic heterocycles. The van der Waals surface area contributed by atoms with Crippen LogP contribution >= 0.6 is 0 Å². The zero-order valence-electron chi connectivity index (χ0n) is 28.0. The van der Waals surface area contributed by atoms with Crippen molar-refractivity contribution < 1.29 is 29.6 Å². The summed E-state index contributed by atoms with van der Waals surface area (Å²) in [6.07, 6.45) is 29.1. The number of cyclic esters (lactones) is 1. The molecule has 0 amide bonds. The quantitative estimate of drug-likeness (QED) is 0.0606. The molecule has 2 aliphatic rings. The Bertz CT molecular complexity index is 724. The number of aliphatic hydroxyl groups excluding tert-OH is 3. The van der Waals surface area contributed by atoms with Crippen LogP contribution in [0.5, 0.6) is 0 Å². The summed E-state index contributed by atoms with van der Waals surface area (Å²) in [4.78, 5) is 11.6. The first-order valence-corrected chi connectivity index (χ1v) is 18.5. The average molecular weight is 609 g/mol. The number of esters is 1. The molecule has 0 aromatic heterocycles. The Morgan fingerprint density at radius 3 is 1.53 bits per heavy atom. The van der Waals surface area contributed by atoms with Crippen molar-refractivity contribution in [3.8, 4) is 0 Å². The van der Waals surface area contributed by atoms with Gasteiger partial charge in [-0.1, -0.05) is 122 Å². The Morgan fingerprint density at radius 2 is 1.07 bits per heavy atom. The molecular formula is C37H68O6. The van der Waals surface area contributed by atoms with E-state index in [1.54, 1.807) is 0 Å². The maximum absolute atomic E-state index is 11.6. The van der Waals surface area contributed by atoms with Gasteiger partial charge in [0.2, 0.25) is 0 Å². The molecular weight excluding hydrogens is 540 g/mol. The molecule has 0 spiro atoms. The summed E-state index contributed by atoms with van der Waals surface area (Å²) in [6.45, 7) is 4.16. The van der Waals surface area contributed by atoms with Gasteiger partial charge in [-0.2, -0.15) is 0 Å². The molecule has 0 saturated carbocycles. The third-order valence-corrected chi connectivity index (χ3v) is 9.56. The van der Waals surface area contributed by atoms with E-state index in [2.05, 4.69) is 6.92 Å². The fraction of sp³-hybridized carbons (Fsp3) is 0.919. The zero-order chi connectivity index (χ0) is 31.1. The topological polar surface area (TPSA) is 96.2 Å². The summed E-state index contributed by atoms with van der Waals surface area (Å²) in [5.74, 6) is -0.127. The van der Waals surface area contributed by atoms with Crippen LogP contribution in [0.1, 0.15) is 181 Å². The van der Waals surface area contributed by atoms with Gasteiger partial charge >= 0.3 is 5.97 Å². The molecule has 252 valence electrons. The molecule has 6 atom stereocenters. The van der Waals surface area contributed by atoms with Crippen molar-refractivity contribution in [1.29, 1.82) is 0 Å². The molecule has 3 N–H and O–H groups in total. The SMILES string of the molecule is CCCCCCCCCC[C@H](O)[C@H]1CC[C@H]([C@H](O)CCCCC[C@@H](O)CCCCCCCCCCC2=C[C@H](C)OC2=O)O1. The Morgan fingerprint density at radius 1 is 0.651 bits per heavy atom. The Balaban J connectivity index is 1.35. The number of hydrogen-bond donors (Lipinski definition) is 3. The smallest absolute Gasteiger partial charge is 0.334 e. The van der Waals surface area contributed by atoms with Gasteiger partial charge in [0.05, 0.1) is 30.5 Å². The van der Waals surface area contributed by atoms with E-state index in [1.807, 2.05) is 13.0 Å². The van der Waals surface area contributed by atoms with Crippen molar-refractivity contribution in [2.75, 3.05) is 0 Å². The van der Waals surface area contributed by atoms with Crippen LogP contribution < -0.4 is 0 Å². The van der Waals surface area contributed by atoms with Gasteiger partial charge in [0.15, 0.2) is 0 Å². The third-order valence-electron chi connectivity index (χ3n) is 9.56. The van der Waals surface area contributed by atoms with Crippen LogP contribution in [0.2, 0.25) is 0 Å². The van der Waals surface area contributed by atoms with Gasteiger partial charge in [0, 0.05) is 5.57 Å². The Kier molecular flexibility index (Phi) is 21.6. The van der Waals surface area contributed by atoms with Crippen molar-refractivity contribution in [3.63, 3.8) is 0 Å². The lowest BCUT2D eigenvalue weighted by Gasteiger charge is -2.22. The molecule has 2 heterocycles. The maximum Gasteiger partial charge on any atom is 0.334 e. The number of rotatable bonds is 28. The fourth-order valence-electron chi connectivity index (χ4n) is 6.74. The number of carbonyl (C=O) groups excluding carboxylic acids is 1. The van der Waals surface area contributed by atoms with E-state index in [1.165, 1.54) is 83.5 Å². The second kappa shape index (κ2) is 24.3. The van der Waals surface area contributed by atoms with Crippen molar-refractivity contribution in [2.45, 2.75) is 217 Å². The molecule has 43 heavy (non-hydrogen) atoms. The Hall–Kier alpha value is -0.950. The highest BCUT2D eigenvalue weighted by molar-refractivity contribution is 5.90. The minimum atomic E-state index is -0.447. The molecule has 6 nitrogen and oxygen atoms in total. The van der Waals surface area contributed by atoms with Crippen LogP contribution in [-0.4, -0.2) is 57.9 Å². The second-order valence-corrected chi connectivity index (χ2v) is 13.6. The van der Waals surface area contributed by atoms with Gasteiger partial charge in [-0.25, -0.2) is 4.79 Å². The molecule has 0 aromatic rings. The van der Waals surface area contributed by atoms with E-state index in [-0.39, 0.29) is 30.4 Å². The van der Waals surface area contributed by atoms with E-state index < -0.39 is 12.2 Å². The molecule has 1 saturated heterocycles. The van der Waals surface area contributed by atoms with E-state index >= 15 is 0 Å². The normalized spacial score (nSPS) is 22.5. The van der Waals surface area contributed by atoms with Crippen LogP contribution in [0.15, 0.2) is 11.6 Å². The molecule has 0 bridgehead atoms. The maximum atomic E-state index is 11.6. The molecule has 0 aromatic carbocycles. The lowest BCUT2D eigenvalue weighted by Crippen LogP contribution is -2.31. The summed E-state index contributed by atoms with van der Waals surface area (Å²) in [7, 11) is 0. The number of carbonyl (C=O) groups is 1. The first-order chi connectivity index (χ1) is 20.9. The van der Waals surface area contributed by atoms with Crippen molar-refractivity contribution >= 4 is 5.97 Å².